The molecule has 4 aromatic heterocycles. The molecule has 0 radical (unpaired) electrons. The van der Waals surface area contributed by atoms with Crippen molar-refractivity contribution in [2.45, 2.75) is 110 Å². The molecule has 0 bridgehead atoms. The van der Waals surface area contributed by atoms with Crippen molar-refractivity contribution in [2.75, 3.05) is 0 Å². The molecular formula is C31H41N3S3. The van der Waals surface area contributed by atoms with Crippen LogP contribution in [0.3, 0.4) is 0 Å². The van der Waals surface area contributed by atoms with Crippen molar-refractivity contribution in [3.63, 3.8) is 0 Å². The van der Waals surface area contributed by atoms with Crippen molar-refractivity contribution in [1.82, 2.24) is 13.3 Å². The van der Waals surface area contributed by atoms with Gasteiger partial charge in [-0.3, -0.25) is 0 Å². The largest absolute Gasteiger partial charge is 0.336 e. The van der Waals surface area contributed by atoms with Crippen molar-refractivity contribution in [1.29, 1.82) is 0 Å². The highest BCUT2D eigenvalue weighted by Crippen LogP contribution is 2.45. The number of hydrogen-bond acceptors (Lipinski definition) is 5. The Labute approximate surface area is 234 Å². The predicted molar refractivity (Wildman–Crippen MR) is 167 cm³/mol. The Bertz CT molecular complexity index is 1370. The van der Waals surface area contributed by atoms with E-state index in [2.05, 4.69) is 62.9 Å². The maximum absolute atomic E-state index is 4.63. The maximum atomic E-state index is 4.63. The molecule has 0 amide bonds. The van der Waals surface area contributed by atoms with Gasteiger partial charge < -0.3 is 4.57 Å². The van der Waals surface area contributed by atoms with E-state index in [1.165, 1.54) is 132 Å². The molecule has 0 atom stereocenters. The molecule has 1 aromatic carbocycles. The van der Waals surface area contributed by atoms with Crippen LogP contribution in [0.25, 0.3) is 41.9 Å². The van der Waals surface area contributed by atoms with Crippen molar-refractivity contribution >= 4 is 65.9 Å². The summed E-state index contributed by atoms with van der Waals surface area (Å²) < 4.78 is 14.8. The number of aromatic nitrogens is 3. The molecular weight excluding hydrogens is 511 g/mol. The highest BCUT2D eigenvalue weighted by atomic mass is 32.1. The first-order chi connectivity index (χ1) is 18.3. The van der Waals surface area contributed by atoms with E-state index in [1.807, 2.05) is 22.7 Å². The first-order valence-electron chi connectivity index (χ1n) is 14.5. The molecule has 0 aliphatic carbocycles. The van der Waals surface area contributed by atoms with Gasteiger partial charge in [0.15, 0.2) is 0 Å². The highest BCUT2D eigenvalue weighted by Gasteiger charge is 2.22. The Balaban J connectivity index is 1.43. The molecule has 0 spiro atoms. The summed E-state index contributed by atoms with van der Waals surface area (Å²) >= 11 is 5.17. The molecule has 0 aliphatic rings. The molecule has 37 heavy (non-hydrogen) atoms. The third kappa shape index (κ3) is 6.12. The lowest BCUT2D eigenvalue weighted by atomic mass is 9.99. The molecule has 0 unspecified atom stereocenters. The predicted octanol–water partition coefficient (Wildman–Crippen LogP) is 11.6. The van der Waals surface area contributed by atoms with E-state index in [0.717, 1.165) is 11.0 Å². The van der Waals surface area contributed by atoms with E-state index in [1.54, 1.807) is 0 Å². The highest BCUT2D eigenvalue weighted by molar-refractivity contribution is 7.28. The number of nitrogens with zero attached hydrogens (tertiary/aromatic N) is 3. The molecule has 4 heterocycles. The number of rotatable bonds is 16. The zero-order valence-corrected chi connectivity index (χ0v) is 25.0. The van der Waals surface area contributed by atoms with Crippen LogP contribution in [0.5, 0.6) is 0 Å². The van der Waals surface area contributed by atoms with Gasteiger partial charge in [-0.2, -0.15) is 8.75 Å². The van der Waals surface area contributed by atoms with Gasteiger partial charge in [0.25, 0.3) is 0 Å². The fraction of sp³-hybridized carbons (Fsp3) is 0.548. The van der Waals surface area contributed by atoms with Crippen molar-refractivity contribution in [2.24, 2.45) is 0 Å². The van der Waals surface area contributed by atoms with Gasteiger partial charge in [-0.05, 0) is 36.4 Å². The lowest BCUT2D eigenvalue weighted by Crippen LogP contribution is -2.09. The van der Waals surface area contributed by atoms with E-state index >= 15 is 0 Å². The smallest absolute Gasteiger partial charge is 0.113 e. The number of thiophene rings is 2. The lowest BCUT2D eigenvalue weighted by Gasteiger charge is -2.21. The average Bonchev–Trinajstić information content (AvgIpc) is 3.69. The van der Waals surface area contributed by atoms with Gasteiger partial charge in [0.2, 0.25) is 0 Å². The first kappa shape index (κ1) is 26.8. The fourth-order valence-corrected chi connectivity index (χ4v) is 8.54. The first-order valence-corrected chi connectivity index (χ1v) is 17.0. The minimum absolute atomic E-state index is 0.589. The van der Waals surface area contributed by atoms with Crippen molar-refractivity contribution in [3.05, 3.63) is 35.7 Å². The summed E-state index contributed by atoms with van der Waals surface area (Å²) in [6.07, 6.45) is 19.0. The summed E-state index contributed by atoms with van der Waals surface area (Å²) in [6.45, 7) is 4.61. The normalized spacial score (nSPS) is 12.2. The van der Waals surface area contributed by atoms with E-state index in [0.29, 0.717) is 6.04 Å². The monoisotopic (exact) mass is 551 g/mol. The molecule has 0 fully saturated rings. The second-order valence-electron chi connectivity index (χ2n) is 10.5. The maximum Gasteiger partial charge on any atom is 0.113 e. The van der Waals surface area contributed by atoms with Gasteiger partial charge in [0.05, 0.1) is 32.2 Å². The third-order valence-corrected chi connectivity index (χ3v) is 10.5. The zero-order valence-electron chi connectivity index (χ0n) is 22.5. The number of unbranched alkanes of at least 4 members (excludes halogenated alkanes) is 10. The Kier molecular flexibility index (Phi) is 9.68. The zero-order chi connectivity index (χ0) is 25.5. The van der Waals surface area contributed by atoms with Gasteiger partial charge in [-0.25, -0.2) is 0 Å². The van der Waals surface area contributed by atoms with Crippen LogP contribution in [0.15, 0.2) is 35.7 Å². The Morgan fingerprint density at radius 1 is 0.757 bits per heavy atom. The second-order valence-corrected chi connectivity index (χ2v) is 13.0. The summed E-state index contributed by atoms with van der Waals surface area (Å²) in [5.41, 5.74) is 6.17. The minimum Gasteiger partial charge on any atom is -0.336 e. The van der Waals surface area contributed by atoms with Crippen LogP contribution in [-0.2, 0) is 0 Å². The molecule has 0 saturated heterocycles. The van der Waals surface area contributed by atoms with E-state index in [9.17, 15) is 0 Å². The summed E-state index contributed by atoms with van der Waals surface area (Å²) in [7, 11) is 0. The molecule has 0 N–H and O–H groups in total. The molecule has 0 aliphatic heterocycles. The molecule has 0 saturated carbocycles. The molecule has 6 heteroatoms. The van der Waals surface area contributed by atoms with Crippen LogP contribution in [0.1, 0.15) is 110 Å². The lowest BCUT2D eigenvalue weighted by molar-refractivity contribution is 0.410. The molecule has 3 nitrogen and oxygen atoms in total. The Morgan fingerprint density at radius 2 is 1.46 bits per heavy atom. The number of hydrogen-bond donors (Lipinski definition) is 0. The van der Waals surface area contributed by atoms with Crippen LogP contribution in [0, 0.1) is 0 Å². The fourth-order valence-electron chi connectivity index (χ4n) is 5.77. The van der Waals surface area contributed by atoms with Crippen LogP contribution in [0.2, 0.25) is 0 Å². The van der Waals surface area contributed by atoms with Crippen LogP contribution in [-0.4, -0.2) is 13.3 Å². The van der Waals surface area contributed by atoms with Crippen LogP contribution >= 0.6 is 34.4 Å². The second kappa shape index (κ2) is 13.3. The number of benzene rings is 1. The van der Waals surface area contributed by atoms with Crippen molar-refractivity contribution in [3.8, 4) is 10.4 Å². The van der Waals surface area contributed by atoms with Gasteiger partial charge in [0, 0.05) is 16.5 Å². The van der Waals surface area contributed by atoms with Gasteiger partial charge >= 0.3 is 0 Å². The minimum atomic E-state index is 0.589. The van der Waals surface area contributed by atoms with E-state index in [4.69, 9.17) is 0 Å². The average molecular weight is 552 g/mol. The van der Waals surface area contributed by atoms with Gasteiger partial charge in [0.1, 0.15) is 11.0 Å². The van der Waals surface area contributed by atoms with E-state index in [-0.39, 0.29) is 0 Å². The quantitative estimate of drug-likeness (QED) is 0.114. The van der Waals surface area contributed by atoms with Gasteiger partial charge in [-0.15, -0.1) is 22.7 Å². The Morgan fingerprint density at radius 3 is 2.19 bits per heavy atom. The van der Waals surface area contributed by atoms with Crippen LogP contribution in [0.4, 0.5) is 0 Å². The molecule has 5 aromatic rings. The third-order valence-electron chi connectivity index (χ3n) is 7.78. The summed E-state index contributed by atoms with van der Waals surface area (Å²) in [4.78, 5) is 1.32. The summed E-state index contributed by atoms with van der Waals surface area (Å²) in [5, 5.41) is 2.29. The van der Waals surface area contributed by atoms with Crippen molar-refractivity contribution < 1.29 is 0 Å². The SMILES string of the molecule is CCCCCCCCC(CCCCCCCC)n1c2ccsc2c2sc(-c3cccc4nsnc34)cc21. The van der Waals surface area contributed by atoms with Gasteiger partial charge in [-0.1, -0.05) is 103 Å². The molecule has 5 rings (SSSR count). The van der Waals surface area contributed by atoms with E-state index < -0.39 is 0 Å². The topological polar surface area (TPSA) is 30.7 Å². The molecule has 198 valence electrons. The Hall–Kier alpha value is -1.76. The van der Waals surface area contributed by atoms with Crippen LogP contribution < -0.4 is 0 Å². The summed E-state index contributed by atoms with van der Waals surface area (Å²) in [5.74, 6) is 0. The summed E-state index contributed by atoms with van der Waals surface area (Å²) in [6, 6.07) is 11.8. The standard InChI is InChI=1S/C31H41N3S3/c1-3-5-7-9-11-13-16-23(17-14-12-10-8-6-4-2)34-26-20-21-35-30(26)31-27(34)22-28(36-31)24-18-15-19-25-29(24)33-37-32-25/h15,18-23H,3-14,16-17H2,1-2H3. The number of fused-ring (bicyclic) bond motifs is 4.